The molecule has 4 atom stereocenters. The first-order valence-electron chi connectivity index (χ1n) is 12.6. The number of esters is 1. The number of likely N-dealkylation sites (tertiary alicyclic amines) is 1. The number of H-pyrrole nitrogens is 1. The molecule has 3 heterocycles. The lowest BCUT2D eigenvalue weighted by atomic mass is 10.0. The Morgan fingerprint density at radius 3 is 2.46 bits per heavy atom. The summed E-state index contributed by atoms with van der Waals surface area (Å²) in [6.45, 7) is 0.550. The van der Waals surface area contributed by atoms with Crippen LogP contribution < -0.4 is 5.73 Å². The normalized spacial score (nSPS) is 25.2. The molecule has 5 rings (SSSR count). The largest absolute Gasteiger partial charge is 0.429 e. The smallest absolute Gasteiger partial charge is 0.382 e. The zero-order chi connectivity index (χ0) is 25.8. The Balaban J connectivity index is 1.41. The molecule has 0 aliphatic carbocycles. The fourth-order valence-electron chi connectivity index (χ4n) is 5.61. The van der Waals surface area contributed by atoms with E-state index in [1.165, 1.54) is 5.56 Å². The lowest BCUT2D eigenvalue weighted by Crippen LogP contribution is -2.67. The minimum atomic E-state index is -0.982. The van der Waals surface area contributed by atoms with E-state index in [0.29, 0.717) is 25.8 Å². The van der Waals surface area contributed by atoms with Gasteiger partial charge in [0.2, 0.25) is 5.82 Å². The molecule has 0 bridgehead atoms. The van der Waals surface area contributed by atoms with Crippen LogP contribution in [-0.2, 0) is 38.5 Å². The number of hydrogen-bond acceptors (Lipinski definition) is 6. The number of ether oxygens (including phenoxy) is 2. The Kier molecular flexibility index (Phi) is 7.16. The Bertz CT molecular complexity index is 1260. The zero-order valence-electron chi connectivity index (χ0n) is 20.5. The van der Waals surface area contributed by atoms with E-state index in [1.807, 2.05) is 48.5 Å². The number of aromatic amines is 1. The van der Waals surface area contributed by atoms with Crippen LogP contribution in [0.25, 0.3) is 0 Å². The molecule has 3 unspecified atom stereocenters. The van der Waals surface area contributed by atoms with Gasteiger partial charge in [0.15, 0.2) is 12.1 Å². The number of carbonyl (C=O) groups is 3. The number of nitrogens with two attached hydrogens (primary N) is 1. The molecule has 2 aliphatic heterocycles. The van der Waals surface area contributed by atoms with Gasteiger partial charge in [-0.25, -0.2) is 14.3 Å². The molecular formula is C28H31N4O5+. The number of rotatable bonds is 9. The standard InChI is InChI=1S/C28H30N4O5/c29-25(34)22-12-7-15-32(22,23-16-24(33)37-28(23)36-18-20-10-5-2-6-11-20)27(35)26-30-17-21(31-26)14-13-19-8-3-1-4-9-19/h1-6,8-11,17,22-23,28H,7,12-16,18H2,(H2-,29,30,31,34,35)/p+1/t22-,23?,28?,32?/m0/s1. The van der Waals surface area contributed by atoms with Crippen LogP contribution in [0.5, 0.6) is 0 Å². The fraction of sp³-hybridized carbons (Fsp3) is 0.357. The minimum Gasteiger partial charge on any atom is -0.429 e. The van der Waals surface area contributed by atoms with E-state index in [9.17, 15) is 14.4 Å². The molecule has 2 amide bonds. The van der Waals surface area contributed by atoms with Gasteiger partial charge in [-0.15, -0.1) is 0 Å². The number of carbonyl (C=O) groups excluding carboxylic acids is 3. The summed E-state index contributed by atoms with van der Waals surface area (Å²) in [5.74, 6) is -1.27. The number of primary amides is 1. The number of aryl methyl sites for hydroxylation is 2. The van der Waals surface area contributed by atoms with Gasteiger partial charge >= 0.3 is 11.9 Å². The Hall–Kier alpha value is -3.82. The summed E-state index contributed by atoms with van der Waals surface area (Å²) >= 11 is 0. The summed E-state index contributed by atoms with van der Waals surface area (Å²) in [5, 5.41) is 0. The molecule has 0 spiro atoms. The summed E-state index contributed by atoms with van der Waals surface area (Å²) in [5.41, 5.74) is 8.72. The highest BCUT2D eigenvalue weighted by atomic mass is 16.7. The second-order valence-electron chi connectivity index (χ2n) is 9.69. The molecule has 9 heteroatoms. The molecule has 3 N–H and O–H groups in total. The van der Waals surface area contributed by atoms with Crippen molar-refractivity contribution in [2.24, 2.45) is 5.73 Å². The number of hydrogen-bond donors (Lipinski definition) is 2. The average molecular weight is 504 g/mol. The first-order chi connectivity index (χ1) is 18.0. The molecule has 2 fully saturated rings. The third kappa shape index (κ3) is 5.05. The molecule has 2 saturated heterocycles. The molecular weight excluding hydrogens is 472 g/mol. The van der Waals surface area contributed by atoms with Crippen molar-refractivity contribution in [1.29, 1.82) is 0 Å². The van der Waals surface area contributed by atoms with E-state index in [2.05, 4.69) is 22.1 Å². The number of quaternary nitrogens is 1. The minimum absolute atomic E-state index is 0.0451. The number of benzene rings is 2. The monoisotopic (exact) mass is 503 g/mol. The highest BCUT2D eigenvalue weighted by Crippen LogP contribution is 2.39. The van der Waals surface area contributed by atoms with Gasteiger partial charge in [0.25, 0.3) is 12.2 Å². The van der Waals surface area contributed by atoms with Gasteiger partial charge in [-0.1, -0.05) is 60.7 Å². The van der Waals surface area contributed by atoms with Crippen molar-refractivity contribution in [3.05, 3.63) is 89.5 Å². The number of aromatic nitrogens is 2. The molecule has 0 radical (unpaired) electrons. The van der Waals surface area contributed by atoms with Crippen molar-refractivity contribution in [1.82, 2.24) is 9.97 Å². The molecule has 2 aromatic carbocycles. The SMILES string of the molecule is NC(=O)[C@@H]1CCC[N+]1(C(=O)c1ncc(CCc2ccccc2)[nH]1)C1CC(=O)OC1OCc1ccccc1. The predicted molar refractivity (Wildman–Crippen MR) is 134 cm³/mol. The number of nitrogens with one attached hydrogen (secondary N) is 1. The molecule has 192 valence electrons. The summed E-state index contributed by atoms with van der Waals surface area (Å²) in [6.07, 6.45) is 3.15. The van der Waals surface area contributed by atoms with Crippen LogP contribution in [0, 0.1) is 0 Å². The van der Waals surface area contributed by atoms with Crippen LogP contribution in [0.2, 0.25) is 0 Å². The van der Waals surface area contributed by atoms with Crippen molar-refractivity contribution >= 4 is 17.8 Å². The summed E-state index contributed by atoms with van der Waals surface area (Å²) in [4.78, 5) is 46.7. The highest BCUT2D eigenvalue weighted by Gasteiger charge is 2.62. The number of cyclic esters (lactones) is 1. The lowest BCUT2D eigenvalue weighted by Gasteiger charge is -2.40. The van der Waals surface area contributed by atoms with E-state index in [4.69, 9.17) is 15.2 Å². The van der Waals surface area contributed by atoms with E-state index >= 15 is 0 Å². The van der Waals surface area contributed by atoms with Gasteiger partial charge in [-0.05, 0) is 24.0 Å². The molecule has 0 saturated carbocycles. The molecule has 2 aliphatic rings. The van der Waals surface area contributed by atoms with Gasteiger partial charge < -0.3 is 20.2 Å². The van der Waals surface area contributed by atoms with Gasteiger partial charge in [-0.2, -0.15) is 0 Å². The van der Waals surface area contributed by atoms with Crippen LogP contribution in [-0.4, -0.2) is 57.2 Å². The van der Waals surface area contributed by atoms with Crippen molar-refractivity contribution in [3.8, 4) is 0 Å². The molecule has 3 aromatic rings. The van der Waals surface area contributed by atoms with Crippen LogP contribution in [0.4, 0.5) is 0 Å². The average Bonchev–Trinajstić information content (AvgIpc) is 3.66. The maximum atomic E-state index is 14.1. The van der Waals surface area contributed by atoms with Crippen LogP contribution in [0.1, 0.15) is 46.7 Å². The van der Waals surface area contributed by atoms with E-state index in [-0.39, 0.29) is 29.2 Å². The van der Waals surface area contributed by atoms with E-state index in [0.717, 1.165) is 17.7 Å². The third-order valence-corrected chi connectivity index (χ3v) is 7.41. The van der Waals surface area contributed by atoms with Crippen LogP contribution in [0.15, 0.2) is 66.9 Å². The highest BCUT2D eigenvalue weighted by molar-refractivity contribution is 5.89. The van der Waals surface area contributed by atoms with Crippen molar-refractivity contribution in [2.45, 2.75) is 57.1 Å². The number of imidazole rings is 1. The van der Waals surface area contributed by atoms with Gasteiger partial charge in [-0.3, -0.25) is 9.59 Å². The van der Waals surface area contributed by atoms with Crippen LogP contribution >= 0.6 is 0 Å². The van der Waals surface area contributed by atoms with Crippen LogP contribution in [0.3, 0.4) is 0 Å². The molecule has 9 nitrogen and oxygen atoms in total. The molecule has 37 heavy (non-hydrogen) atoms. The van der Waals surface area contributed by atoms with Crippen molar-refractivity contribution in [2.75, 3.05) is 6.54 Å². The zero-order valence-corrected chi connectivity index (χ0v) is 20.5. The van der Waals surface area contributed by atoms with Gasteiger partial charge in [0, 0.05) is 24.7 Å². The summed E-state index contributed by atoms with van der Waals surface area (Å²) < 4.78 is 11.2. The number of nitrogens with zero attached hydrogens (tertiary/aromatic N) is 2. The third-order valence-electron chi connectivity index (χ3n) is 7.41. The Morgan fingerprint density at radius 2 is 1.76 bits per heavy atom. The maximum Gasteiger partial charge on any atom is 0.382 e. The Morgan fingerprint density at radius 1 is 1.05 bits per heavy atom. The van der Waals surface area contributed by atoms with Crippen molar-refractivity contribution in [3.63, 3.8) is 0 Å². The fourth-order valence-corrected chi connectivity index (χ4v) is 5.61. The Labute approximate surface area is 215 Å². The lowest BCUT2D eigenvalue weighted by molar-refractivity contribution is -0.882. The second-order valence-corrected chi connectivity index (χ2v) is 9.69. The maximum absolute atomic E-state index is 14.1. The number of amides is 2. The van der Waals surface area contributed by atoms with E-state index in [1.54, 1.807) is 6.20 Å². The van der Waals surface area contributed by atoms with Gasteiger partial charge in [0.1, 0.15) is 6.42 Å². The summed E-state index contributed by atoms with van der Waals surface area (Å²) in [7, 11) is 0. The van der Waals surface area contributed by atoms with Crippen molar-refractivity contribution < 1.29 is 28.3 Å². The van der Waals surface area contributed by atoms with Gasteiger partial charge in [0.05, 0.1) is 13.2 Å². The summed E-state index contributed by atoms with van der Waals surface area (Å²) in [6, 6.07) is 18.1. The molecule has 1 aromatic heterocycles. The van der Waals surface area contributed by atoms with E-state index < -0.39 is 30.3 Å². The first kappa shape index (κ1) is 24.9. The second kappa shape index (κ2) is 10.7. The topological polar surface area (TPSA) is 124 Å². The quantitative estimate of drug-likeness (QED) is 0.342. The predicted octanol–water partition coefficient (Wildman–Crippen LogP) is 2.66. The first-order valence-corrected chi connectivity index (χ1v) is 12.6.